The van der Waals surface area contributed by atoms with Crippen LogP contribution < -0.4 is 14.3 Å². The lowest BCUT2D eigenvalue weighted by Gasteiger charge is -2.10. The minimum atomic E-state index is -0.461. The second-order valence-corrected chi connectivity index (χ2v) is 6.59. The molecule has 0 aliphatic heterocycles. The fourth-order valence-electron chi connectivity index (χ4n) is 2.81. The Bertz CT molecular complexity index is 1020. The SMILES string of the molecule is CCCn1c(=NC(=O)c2cccc(OC)c2OC)sc2cccc(F)c21. The summed E-state index contributed by atoms with van der Waals surface area (Å²) in [6.45, 7) is 2.57. The first-order valence-electron chi connectivity index (χ1n) is 8.18. The van der Waals surface area contributed by atoms with E-state index in [0.717, 1.165) is 11.1 Å². The van der Waals surface area contributed by atoms with Gasteiger partial charge in [0.2, 0.25) is 0 Å². The van der Waals surface area contributed by atoms with Gasteiger partial charge in [-0.05, 0) is 30.7 Å². The molecule has 1 aromatic heterocycles. The van der Waals surface area contributed by atoms with E-state index in [1.54, 1.807) is 28.8 Å². The van der Waals surface area contributed by atoms with Crippen LogP contribution in [-0.2, 0) is 6.54 Å². The lowest BCUT2D eigenvalue weighted by molar-refractivity contribution is 0.0994. The molecular formula is C19H19FN2O3S. The molecule has 0 spiro atoms. The van der Waals surface area contributed by atoms with Gasteiger partial charge in [-0.1, -0.05) is 30.4 Å². The highest BCUT2D eigenvalue weighted by molar-refractivity contribution is 7.16. The number of carbonyl (C=O) groups is 1. The monoisotopic (exact) mass is 374 g/mol. The molecule has 136 valence electrons. The van der Waals surface area contributed by atoms with Gasteiger partial charge in [-0.25, -0.2) is 4.39 Å². The molecule has 0 bridgehead atoms. The number of aryl methyl sites for hydroxylation is 1. The van der Waals surface area contributed by atoms with E-state index in [1.807, 2.05) is 13.0 Å². The number of carbonyl (C=O) groups excluding carboxylic acids is 1. The van der Waals surface area contributed by atoms with Gasteiger partial charge < -0.3 is 14.0 Å². The number of para-hydroxylation sites is 2. The average molecular weight is 374 g/mol. The molecule has 7 heteroatoms. The Hall–Kier alpha value is -2.67. The van der Waals surface area contributed by atoms with Crippen molar-refractivity contribution in [3.05, 3.63) is 52.6 Å². The standard InChI is InChI=1S/C19H19FN2O3S/c1-4-11-22-16-13(20)8-6-10-15(16)26-19(22)21-18(23)12-7-5-9-14(24-2)17(12)25-3/h5-10H,4,11H2,1-3H3. The van der Waals surface area contributed by atoms with Gasteiger partial charge in [0.25, 0.3) is 5.91 Å². The number of methoxy groups -OCH3 is 2. The van der Waals surface area contributed by atoms with Crippen molar-refractivity contribution in [1.82, 2.24) is 4.57 Å². The Balaban J connectivity index is 2.18. The number of nitrogens with zero attached hydrogens (tertiary/aromatic N) is 2. The third-order valence-electron chi connectivity index (χ3n) is 3.93. The molecule has 3 aromatic rings. The minimum Gasteiger partial charge on any atom is -0.493 e. The molecule has 0 radical (unpaired) electrons. The van der Waals surface area contributed by atoms with Gasteiger partial charge in [-0.15, -0.1) is 0 Å². The molecular weight excluding hydrogens is 355 g/mol. The van der Waals surface area contributed by atoms with E-state index in [-0.39, 0.29) is 5.82 Å². The van der Waals surface area contributed by atoms with Gasteiger partial charge in [-0.3, -0.25) is 4.79 Å². The molecule has 0 atom stereocenters. The highest BCUT2D eigenvalue weighted by Gasteiger charge is 2.17. The number of benzene rings is 2. The summed E-state index contributed by atoms with van der Waals surface area (Å²) >= 11 is 1.29. The van der Waals surface area contributed by atoms with Crippen LogP contribution >= 0.6 is 11.3 Å². The topological polar surface area (TPSA) is 52.8 Å². The molecule has 3 rings (SSSR count). The maximum absolute atomic E-state index is 14.3. The summed E-state index contributed by atoms with van der Waals surface area (Å²) in [6, 6.07) is 9.94. The third-order valence-corrected chi connectivity index (χ3v) is 4.97. The van der Waals surface area contributed by atoms with Gasteiger partial charge >= 0.3 is 0 Å². The number of hydrogen-bond donors (Lipinski definition) is 0. The summed E-state index contributed by atoms with van der Waals surface area (Å²) in [5.41, 5.74) is 0.774. The number of hydrogen-bond acceptors (Lipinski definition) is 4. The summed E-state index contributed by atoms with van der Waals surface area (Å²) in [7, 11) is 2.98. The lowest BCUT2D eigenvalue weighted by Crippen LogP contribution is -2.17. The van der Waals surface area contributed by atoms with E-state index in [1.165, 1.54) is 31.6 Å². The molecule has 0 aliphatic carbocycles. The Morgan fingerprint density at radius 2 is 1.96 bits per heavy atom. The fourth-order valence-corrected chi connectivity index (χ4v) is 3.87. The molecule has 1 amide bonds. The van der Waals surface area contributed by atoms with Crippen LogP contribution in [0.15, 0.2) is 41.4 Å². The number of amides is 1. The quantitative estimate of drug-likeness (QED) is 0.678. The first-order chi connectivity index (χ1) is 12.6. The van der Waals surface area contributed by atoms with Crippen molar-refractivity contribution in [1.29, 1.82) is 0 Å². The van der Waals surface area contributed by atoms with E-state index >= 15 is 0 Å². The molecule has 0 aliphatic rings. The molecule has 2 aromatic carbocycles. The Morgan fingerprint density at radius 3 is 2.65 bits per heavy atom. The van der Waals surface area contributed by atoms with E-state index in [4.69, 9.17) is 9.47 Å². The van der Waals surface area contributed by atoms with Crippen molar-refractivity contribution in [3.63, 3.8) is 0 Å². The number of rotatable bonds is 5. The first kappa shape index (κ1) is 18.1. The summed E-state index contributed by atoms with van der Waals surface area (Å²) in [6.07, 6.45) is 0.796. The Labute approximate surface area is 154 Å². The Kier molecular flexibility index (Phi) is 5.37. The van der Waals surface area contributed by atoms with Crippen LogP contribution in [-0.4, -0.2) is 24.7 Å². The minimum absolute atomic E-state index is 0.299. The number of fused-ring (bicyclic) bond motifs is 1. The van der Waals surface area contributed by atoms with Crippen LogP contribution in [0.3, 0.4) is 0 Å². The zero-order chi connectivity index (χ0) is 18.7. The van der Waals surface area contributed by atoms with Gasteiger partial charge in [-0.2, -0.15) is 4.99 Å². The van der Waals surface area contributed by atoms with Crippen molar-refractivity contribution in [3.8, 4) is 11.5 Å². The first-order valence-corrected chi connectivity index (χ1v) is 9.00. The van der Waals surface area contributed by atoms with Gasteiger partial charge in [0.1, 0.15) is 5.82 Å². The smallest absolute Gasteiger partial charge is 0.283 e. The molecule has 5 nitrogen and oxygen atoms in total. The lowest BCUT2D eigenvalue weighted by atomic mass is 10.2. The average Bonchev–Trinajstić information content (AvgIpc) is 2.99. The largest absolute Gasteiger partial charge is 0.493 e. The highest BCUT2D eigenvalue weighted by Crippen LogP contribution is 2.31. The molecule has 0 saturated heterocycles. The predicted octanol–water partition coefficient (Wildman–Crippen LogP) is 4.01. The second-order valence-electron chi connectivity index (χ2n) is 5.58. The summed E-state index contributed by atoms with van der Waals surface area (Å²) < 4.78 is 27.3. The van der Waals surface area contributed by atoms with Crippen molar-refractivity contribution < 1.29 is 18.7 Å². The maximum atomic E-state index is 14.3. The van der Waals surface area contributed by atoms with Gasteiger partial charge in [0.05, 0.1) is 30.0 Å². The van der Waals surface area contributed by atoms with Crippen molar-refractivity contribution >= 4 is 27.5 Å². The van der Waals surface area contributed by atoms with E-state index in [0.29, 0.717) is 33.9 Å². The molecule has 0 saturated carbocycles. The zero-order valence-corrected chi connectivity index (χ0v) is 15.6. The van der Waals surface area contributed by atoms with Crippen LogP contribution in [0.2, 0.25) is 0 Å². The number of thiazole rings is 1. The molecule has 26 heavy (non-hydrogen) atoms. The molecule has 0 fully saturated rings. The van der Waals surface area contributed by atoms with Crippen LogP contribution in [0.4, 0.5) is 4.39 Å². The van der Waals surface area contributed by atoms with Gasteiger partial charge in [0.15, 0.2) is 16.3 Å². The number of halogens is 1. The number of ether oxygens (including phenoxy) is 2. The van der Waals surface area contributed by atoms with Crippen molar-refractivity contribution in [2.45, 2.75) is 19.9 Å². The van der Waals surface area contributed by atoms with E-state index in [2.05, 4.69) is 4.99 Å². The van der Waals surface area contributed by atoms with Crippen molar-refractivity contribution in [2.24, 2.45) is 4.99 Å². The van der Waals surface area contributed by atoms with E-state index < -0.39 is 5.91 Å². The van der Waals surface area contributed by atoms with Crippen molar-refractivity contribution in [2.75, 3.05) is 14.2 Å². The third kappa shape index (κ3) is 3.22. The summed E-state index contributed by atoms with van der Waals surface area (Å²) in [5.74, 6) is 0.00748. The maximum Gasteiger partial charge on any atom is 0.283 e. The van der Waals surface area contributed by atoms with Crippen LogP contribution in [0, 0.1) is 5.82 Å². The zero-order valence-electron chi connectivity index (χ0n) is 14.8. The fraction of sp³-hybridized carbons (Fsp3) is 0.263. The van der Waals surface area contributed by atoms with Crippen LogP contribution in [0.5, 0.6) is 11.5 Å². The predicted molar refractivity (Wildman–Crippen MR) is 99.5 cm³/mol. The summed E-state index contributed by atoms with van der Waals surface area (Å²) in [4.78, 5) is 17.5. The summed E-state index contributed by atoms with van der Waals surface area (Å²) in [5, 5.41) is 0. The molecule has 0 unspecified atom stereocenters. The molecule has 1 heterocycles. The van der Waals surface area contributed by atoms with Gasteiger partial charge in [0, 0.05) is 6.54 Å². The van der Waals surface area contributed by atoms with E-state index in [9.17, 15) is 9.18 Å². The molecule has 0 N–H and O–H groups in total. The van der Waals surface area contributed by atoms with Crippen LogP contribution in [0.25, 0.3) is 10.2 Å². The normalized spacial score (nSPS) is 11.8. The van der Waals surface area contributed by atoms with Crippen LogP contribution in [0.1, 0.15) is 23.7 Å². The number of aromatic nitrogens is 1. The second kappa shape index (κ2) is 7.70. The highest BCUT2D eigenvalue weighted by atomic mass is 32.1. The Morgan fingerprint density at radius 1 is 1.19 bits per heavy atom.